The quantitative estimate of drug-likeness (QED) is 0.373. The Bertz CT molecular complexity index is 1020. The van der Waals surface area contributed by atoms with Gasteiger partial charge in [0.15, 0.2) is 9.84 Å². The fourth-order valence-electron chi connectivity index (χ4n) is 2.98. The van der Waals surface area contributed by atoms with Gasteiger partial charge in [-0.1, -0.05) is 26.0 Å². The summed E-state index contributed by atoms with van der Waals surface area (Å²) in [6, 6.07) is 12.4. The standard InChI is InChI=1S/C22H29O7PS/c1-6-27-30(24,28-7-2)19-12-8-18(9-13-19)22(23)29-21(16(3)4)17-10-14-20(15-11-17)31(5,25)26/h8-16,21H,6-7H2,1-5H3. The third kappa shape index (κ3) is 6.50. The van der Waals surface area contributed by atoms with Gasteiger partial charge in [0.1, 0.15) is 6.10 Å². The topological polar surface area (TPSA) is 96.0 Å². The van der Waals surface area contributed by atoms with Gasteiger partial charge in [-0.15, -0.1) is 0 Å². The Morgan fingerprint density at radius 3 is 1.87 bits per heavy atom. The minimum atomic E-state index is -3.43. The molecule has 2 aromatic rings. The molecule has 0 saturated heterocycles. The molecule has 9 heteroatoms. The molecule has 170 valence electrons. The van der Waals surface area contributed by atoms with E-state index in [4.69, 9.17) is 13.8 Å². The fourth-order valence-corrected chi connectivity index (χ4v) is 5.18. The molecular weight excluding hydrogens is 439 g/mol. The van der Waals surface area contributed by atoms with Crippen molar-refractivity contribution in [1.82, 2.24) is 0 Å². The van der Waals surface area contributed by atoms with Crippen molar-refractivity contribution in [3.05, 3.63) is 59.7 Å². The van der Waals surface area contributed by atoms with Gasteiger partial charge < -0.3 is 13.8 Å². The van der Waals surface area contributed by atoms with Gasteiger partial charge in [0, 0.05) is 6.26 Å². The van der Waals surface area contributed by atoms with Crippen LogP contribution in [0, 0.1) is 5.92 Å². The van der Waals surface area contributed by atoms with E-state index >= 15 is 0 Å². The summed E-state index contributed by atoms with van der Waals surface area (Å²) in [7, 11) is -6.74. The van der Waals surface area contributed by atoms with Crippen LogP contribution in [0.2, 0.25) is 0 Å². The lowest BCUT2D eigenvalue weighted by molar-refractivity contribution is 0.0176. The van der Waals surface area contributed by atoms with Crippen LogP contribution in [0.1, 0.15) is 49.7 Å². The number of hydrogen-bond donors (Lipinski definition) is 0. The van der Waals surface area contributed by atoms with Crippen molar-refractivity contribution in [2.24, 2.45) is 5.92 Å². The molecule has 0 aliphatic carbocycles. The van der Waals surface area contributed by atoms with E-state index in [0.29, 0.717) is 16.4 Å². The first kappa shape index (κ1) is 25.3. The minimum Gasteiger partial charge on any atom is -0.454 e. The third-order valence-electron chi connectivity index (χ3n) is 4.49. The highest BCUT2D eigenvalue weighted by atomic mass is 32.2. The first-order valence-corrected chi connectivity index (χ1v) is 13.5. The summed E-state index contributed by atoms with van der Waals surface area (Å²) < 4.78 is 52.5. The van der Waals surface area contributed by atoms with Crippen LogP contribution in [0.3, 0.4) is 0 Å². The van der Waals surface area contributed by atoms with Gasteiger partial charge in [-0.3, -0.25) is 4.57 Å². The molecular formula is C22H29O7PS. The van der Waals surface area contributed by atoms with Crippen LogP contribution >= 0.6 is 7.60 Å². The molecule has 0 N–H and O–H groups in total. The van der Waals surface area contributed by atoms with E-state index in [9.17, 15) is 17.8 Å². The third-order valence-corrected chi connectivity index (χ3v) is 7.75. The average molecular weight is 469 g/mol. The van der Waals surface area contributed by atoms with Crippen molar-refractivity contribution >= 4 is 28.7 Å². The number of esters is 1. The van der Waals surface area contributed by atoms with Crippen LogP contribution in [0.25, 0.3) is 0 Å². The van der Waals surface area contributed by atoms with Crippen molar-refractivity contribution < 1.29 is 31.6 Å². The van der Waals surface area contributed by atoms with Crippen LogP contribution in [0.4, 0.5) is 0 Å². The molecule has 0 heterocycles. The second-order valence-corrected chi connectivity index (χ2v) is 11.3. The Hall–Kier alpha value is -1.99. The molecule has 0 aliphatic heterocycles. The number of hydrogen-bond acceptors (Lipinski definition) is 7. The van der Waals surface area contributed by atoms with Gasteiger partial charge in [-0.2, -0.15) is 0 Å². The van der Waals surface area contributed by atoms with E-state index in [1.807, 2.05) is 13.8 Å². The van der Waals surface area contributed by atoms with Crippen LogP contribution < -0.4 is 5.30 Å². The van der Waals surface area contributed by atoms with Gasteiger partial charge in [0.05, 0.1) is 29.0 Å². The molecule has 0 fully saturated rings. The van der Waals surface area contributed by atoms with E-state index in [1.165, 1.54) is 36.4 Å². The molecule has 0 radical (unpaired) electrons. The first-order chi connectivity index (χ1) is 14.5. The highest BCUT2D eigenvalue weighted by Gasteiger charge is 2.27. The maximum Gasteiger partial charge on any atom is 0.361 e. The number of sulfone groups is 1. The molecule has 1 unspecified atom stereocenters. The summed E-state index contributed by atoms with van der Waals surface area (Å²) in [5.74, 6) is -0.580. The maximum absolute atomic E-state index is 12.8. The first-order valence-electron chi connectivity index (χ1n) is 10.0. The van der Waals surface area contributed by atoms with Gasteiger partial charge in [0.2, 0.25) is 0 Å². The summed E-state index contributed by atoms with van der Waals surface area (Å²) in [6.45, 7) is 7.74. The second-order valence-electron chi connectivity index (χ2n) is 7.29. The molecule has 0 aromatic heterocycles. The summed E-state index contributed by atoms with van der Waals surface area (Å²) in [5.41, 5.74) is 0.992. The lowest BCUT2D eigenvalue weighted by Crippen LogP contribution is -2.17. The summed E-state index contributed by atoms with van der Waals surface area (Å²) in [5, 5.41) is 0.365. The lowest BCUT2D eigenvalue weighted by Gasteiger charge is -2.22. The summed E-state index contributed by atoms with van der Waals surface area (Å²) in [4.78, 5) is 12.9. The smallest absolute Gasteiger partial charge is 0.361 e. The Labute approximate surface area is 184 Å². The molecule has 7 nitrogen and oxygen atoms in total. The zero-order valence-electron chi connectivity index (χ0n) is 18.4. The van der Waals surface area contributed by atoms with Crippen molar-refractivity contribution in [2.75, 3.05) is 19.5 Å². The Kier molecular flexibility index (Phi) is 8.60. The van der Waals surface area contributed by atoms with Crippen molar-refractivity contribution in [3.63, 3.8) is 0 Å². The molecule has 2 aromatic carbocycles. The van der Waals surface area contributed by atoms with E-state index < -0.39 is 29.5 Å². The molecule has 2 rings (SSSR count). The van der Waals surface area contributed by atoms with Crippen molar-refractivity contribution in [2.45, 2.75) is 38.7 Å². The molecule has 0 saturated carbocycles. The van der Waals surface area contributed by atoms with Gasteiger partial charge in [-0.05, 0) is 61.7 Å². The highest BCUT2D eigenvalue weighted by molar-refractivity contribution is 7.90. The molecule has 0 bridgehead atoms. The Morgan fingerprint density at radius 2 is 1.45 bits per heavy atom. The molecule has 0 amide bonds. The Balaban J connectivity index is 2.22. The fraction of sp³-hybridized carbons (Fsp3) is 0.409. The zero-order chi connectivity index (χ0) is 23.2. The van der Waals surface area contributed by atoms with Crippen LogP contribution in [0.15, 0.2) is 53.4 Å². The summed E-state index contributed by atoms with van der Waals surface area (Å²) in [6.07, 6.45) is 0.584. The van der Waals surface area contributed by atoms with Gasteiger partial charge >= 0.3 is 13.6 Å². The SMILES string of the molecule is CCOP(=O)(OCC)c1ccc(C(=O)OC(c2ccc(S(C)(=O)=O)cc2)C(C)C)cc1. The maximum atomic E-state index is 12.8. The average Bonchev–Trinajstić information content (AvgIpc) is 2.71. The predicted octanol–water partition coefficient (Wildman–Crippen LogP) is 4.54. The van der Waals surface area contributed by atoms with Gasteiger partial charge in [0.25, 0.3) is 0 Å². The Morgan fingerprint density at radius 1 is 0.935 bits per heavy atom. The zero-order valence-corrected chi connectivity index (χ0v) is 20.1. The molecule has 1 atom stereocenters. The molecule has 0 aliphatic rings. The number of ether oxygens (including phenoxy) is 1. The van der Waals surface area contributed by atoms with Crippen LogP contribution in [-0.2, 0) is 28.2 Å². The summed E-state index contributed by atoms with van der Waals surface area (Å²) >= 11 is 0. The van der Waals surface area contributed by atoms with E-state index in [2.05, 4.69) is 0 Å². The number of carbonyl (C=O) groups is 1. The minimum absolute atomic E-state index is 0.0385. The van der Waals surface area contributed by atoms with E-state index in [1.54, 1.807) is 26.0 Å². The molecule has 31 heavy (non-hydrogen) atoms. The normalized spacial score (nSPS) is 13.2. The monoisotopic (exact) mass is 468 g/mol. The molecule has 0 spiro atoms. The number of benzene rings is 2. The van der Waals surface area contributed by atoms with Crippen LogP contribution in [0.5, 0.6) is 0 Å². The predicted molar refractivity (Wildman–Crippen MR) is 119 cm³/mol. The largest absolute Gasteiger partial charge is 0.454 e. The highest BCUT2D eigenvalue weighted by Crippen LogP contribution is 2.46. The number of rotatable bonds is 10. The van der Waals surface area contributed by atoms with Crippen molar-refractivity contribution in [3.8, 4) is 0 Å². The number of carbonyl (C=O) groups excluding carboxylic acids is 1. The van der Waals surface area contributed by atoms with E-state index in [-0.39, 0.29) is 24.0 Å². The van der Waals surface area contributed by atoms with Crippen molar-refractivity contribution in [1.29, 1.82) is 0 Å². The van der Waals surface area contributed by atoms with Crippen LogP contribution in [-0.4, -0.2) is 33.9 Å². The van der Waals surface area contributed by atoms with E-state index in [0.717, 1.165) is 6.26 Å². The second kappa shape index (κ2) is 10.6. The van der Waals surface area contributed by atoms with Gasteiger partial charge in [-0.25, -0.2) is 13.2 Å². The lowest BCUT2D eigenvalue weighted by atomic mass is 9.99.